The monoisotopic (exact) mass is 283 g/mol. The maximum atomic E-state index is 11.4. The lowest BCUT2D eigenvalue weighted by Crippen LogP contribution is -2.43. The third-order valence-electron chi connectivity index (χ3n) is 2.70. The van der Waals surface area contributed by atoms with Gasteiger partial charge in [0.1, 0.15) is 0 Å². The Balaban J connectivity index is 3.90. The molecule has 0 fully saturated rings. The van der Waals surface area contributed by atoms with Gasteiger partial charge in [-0.05, 0) is 46.2 Å². The van der Waals surface area contributed by atoms with Crippen LogP contribution < -0.4 is 16.0 Å². The van der Waals surface area contributed by atoms with Crippen molar-refractivity contribution in [3.8, 4) is 0 Å². The molecule has 0 bridgehead atoms. The zero-order chi connectivity index (χ0) is 15.4. The number of carbonyl (C=O) groups excluding carboxylic acids is 3. The first kappa shape index (κ1) is 18.3. The molecule has 6 nitrogen and oxygen atoms in total. The van der Waals surface area contributed by atoms with Crippen LogP contribution >= 0.6 is 0 Å². The van der Waals surface area contributed by atoms with Crippen LogP contribution in [0, 0.1) is 0 Å². The quantitative estimate of drug-likeness (QED) is 0.393. The molecule has 0 aromatic heterocycles. The molecule has 6 heteroatoms. The fourth-order valence-electron chi connectivity index (χ4n) is 1.68. The van der Waals surface area contributed by atoms with Crippen LogP contribution in [0.15, 0.2) is 12.2 Å². The second-order valence-corrected chi connectivity index (χ2v) is 4.55. The maximum Gasteiger partial charge on any atom is 0.243 e. The molecule has 2 amide bonds. The molecule has 114 valence electrons. The number of allylic oxidation sites excluding steroid dienone is 1. The van der Waals surface area contributed by atoms with Crippen molar-refractivity contribution in [2.75, 3.05) is 20.1 Å². The molecule has 0 saturated carbocycles. The number of nitrogens with one attached hydrogen (secondary N) is 3. The Morgan fingerprint density at radius 2 is 1.90 bits per heavy atom. The minimum atomic E-state index is -0.443. The molecule has 0 rings (SSSR count). The maximum absolute atomic E-state index is 11.4. The van der Waals surface area contributed by atoms with Crippen LogP contribution in [-0.4, -0.2) is 43.8 Å². The molecule has 0 aromatic carbocycles. The Kier molecular flexibility index (Phi) is 10.2. The summed E-state index contributed by atoms with van der Waals surface area (Å²) >= 11 is 0. The predicted octanol–water partition coefficient (Wildman–Crippen LogP) is 0.142. The number of carbonyl (C=O) groups is 3. The first-order valence-electron chi connectivity index (χ1n) is 6.86. The predicted molar refractivity (Wildman–Crippen MR) is 78.2 cm³/mol. The molecule has 20 heavy (non-hydrogen) atoms. The third-order valence-corrected chi connectivity index (χ3v) is 2.70. The number of ketones is 1. The number of Topliss-reactive ketones (excluding diaryl/α,β-unsaturated/α-hetero) is 1. The lowest BCUT2D eigenvalue weighted by molar-refractivity contribution is -0.126. The summed E-state index contributed by atoms with van der Waals surface area (Å²) in [5, 5.41) is 8.16. The standard InChI is InChI=1S/C14H25N3O3/c1-4-7-13(19)16-9-6-5-8-12(11(2)18)17-14(20)10-15-3/h4,7,12,15H,5-6,8-10H2,1-3H3,(H,16,19)(H,17,20)/b7-4+/t12-/m0/s1. The zero-order valence-corrected chi connectivity index (χ0v) is 12.5. The van der Waals surface area contributed by atoms with Crippen molar-refractivity contribution in [1.29, 1.82) is 0 Å². The minimum Gasteiger partial charge on any atom is -0.353 e. The topological polar surface area (TPSA) is 87.3 Å². The van der Waals surface area contributed by atoms with E-state index >= 15 is 0 Å². The van der Waals surface area contributed by atoms with Crippen molar-refractivity contribution in [2.24, 2.45) is 0 Å². The van der Waals surface area contributed by atoms with Gasteiger partial charge < -0.3 is 16.0 Å². The van der Waals surface area contributed by atoms with Gasteiger partial charge in [-0.15, -0.1) is 0 Å². The molecule has 0 aliphatic carbocycles. The van der Waals surface area contributed by atoms with E-state index in [1.165, 1.54) is 13.0 Å². The fraction of sp³-hybridized carbons (Fsp3) is 0.643. The summed E-state index contributed by atoms with van der Waals surface area (Å²) in [4.78, 5) is 34.0. The van der Waals surface area contributed by atoms with Gasteiger partial charge in [0.05, 0.1) is 12.6 Å². The summed E-state index contributed by atoms with van der Waals surface area (Å²) in [6, 6.07) is -0.443. The smallest absolute Gasteiger partial charge is 0.243 e. The van der Waals surface area contributed by atoms with E-state index in [0.717, 1.165) is 12.8 Å². The summed E-state index contributed by atoms with van der Waals surface area (Å²) in [5.41, 5.74) is 0. The second kappa shape index (κ2) is 11.2. The van der Waals surface area contributed by atoms with Crippen LogP contribution in [0.25, 0.3) is 0 Å². The Labute approximate surface area is 120 Å². The Morgan fingerprint density at radius 3 is 2.45 bits per heavy atom. The third kappa shape index (κ3) is 9.27. The van der Waals surface area contributed by atoms with Crippen LogP contribution in [0.3, 0.4) is 0 Å². The number of unbranched alkanes of at least 4 members (excludes halogenated alkanes) is 1. The van der Waals surface area contributed by atoms with Crippen LogP contribution in [0.2, 0.25) is 0 Å². The summed E-state index contributed by atoms with van der Waals surface area (Å²) in [5.74, 6) is -0.348. The van der Waals surface area contributed by atoms with Crippen LogP contribution in [0.4, 0.5) is 0 Å². The van der Waals surface area contributed by atoms with Gasteiger partial charge in [-0.1, -0.05) is 6.08 Å². The zero-order valence-electron chi connectivity index (χ0n) is 12.5. The van der Waals surface area contributed by atoms with Crippen LogP contribution in [0.1, 0.15) is 33.1 Å². The Bertz CT molecular complexity index is 354. The van der Waals surface area contributed by atoms with E-state index in [1.807, 2.05) is 0 Å². The summed E-state index contributed by atoms with van der Waals surface area (Å²) in [6.07, 6.45) is 5.27. The molecule has 0 spiro atoms. The van der Waals surface area contributed by atoms with Gasteiger partial charge in [0, 0.05) is 6.54 Å². The molecule has 0 heterocycles. The lowest BCUT2D eigenvalue weighted by Gasteiger charge is -2.15. The van der Waals surface area contributed by atoms with E-state index in [4.69, 9.17) is 0 Å². The number of likely N-dealkylation sites (N-methyl/N-ethyl adjacent to an activating group) is 1. The van der Waals surface area contributed by atoms with Crippen molar-refractivity contribution in [3.63, 3.8) is 0 Å². The Hall–Kier alpha value is -1.69. The van der Waals surface area contributed by atoms with Crippen molar-refractivity contribution < 1.29 is 14.4 Å². The highest BCUT2D eigenvalue weighted by atomic mass is 16.2. The molecule has 0 saturated heterocycles. The molecule has 0 aliphatic heterocycles. The van der Waals surface area contributed by atoms with E-state index in [9.17, 15) is 14.4 Å². The molecular formula is C14H25N3O3. The second-order valence-electron chi connectivity index (χ2n) is 4.55. The summed E-state index contributed by atoms with van der Waals surface area (Å²) in [7, 11) is 1.68. The molecular weight excluding hydrogens is 258 g/mol. The molecule has 0 aromatic rings. The first-order chi connectivity index (χ1) is 9.51. The van der Waals surface area contributed by atoms with Crippen LogP contribution in [-0.2, 0) is 14.4 Å². The summed E-state index contributed by atoms with van der Waals surface area (Å²) in [6.45, 7) is 4.02. The average molecular weight is 283 g/mol. The fourth-order valence-corrected chi connectivity index (χ4v) is 1.68. The first-order valence-corrected chi connectivity index (χ1v) is 6.86. The SMILES string of the molecule is C/C=C/C(=O)NCCCC[C@H](NC(=O)CNC)C(C)=O. The summed E-state index contributed by atoms with van der Waals surface area (Å²) < 4.78 is 0. The van der Waals surface area contributed by atoms with Gasteiger partial charge in [0.15, 0.2) is 5.78 Å². The van der Waals surface area contributed by atoms with Crippen molar-refractivity contribution in [3.05, 3.63) is 12.2 Å². The van der Waals surface area contributed by atoms with Gasteiger partial charge in [0.25, 0.3) is 0 Å². The van der Waals surface area contributed by atoms with Gasteiger partial charge in [0.2, 0.25) is 11.8 Å². The number of rotatable bonds is 10. The minimum absolute atomic E-state index is 0.0487. The van der Waals surface area contributed by atoms with Crippen molar-refractivity contribution in [1.82, 2.24) is 16.0 Å². The molecule has 0 aliphatic rings. The molecule has 1 atom stereocenters. The Morgan fingerprint density at radius 1 is 1.20 bits per heavy atom. The largest absolute Gasteiger partial charge is 0.353 e. The van der Waals surface area contributed by atoms with Gasteiger partial charge in [-0.2, -0.15) is 0 Å². The van der Waals surface area contributed by atoms with E-state index in [2.05, 4.69) is 16.0 Å². The van der Waals surface area contributed by atoms with E-state index in [-0.39, 0.29) is 24.1 Å². The van der Waals surface area contributed by atoms with Gasteiger partial charge in [-0.25, -0.2) is 0 Å². The van der Waals surface area contributed by atoms with E-state index in [0.29, 0.717) is 13.0 Å². The highest BCUT2D eigenvalue weighted by Gasteiger charge is 2.15. The van der Waals surface area contributed by atoms with Crippen molar-refractivity contribution in [2.45, 2.75) is 39.2 Å². The molecule has 0 radical (unpaired) electrons. The van der Waals surface area contributed by atoms with Gasteiger partial charge in [-0.3, -0.25) is 14.4 Å². The average Bonchev–Trinajstić information content (AvgIpc) is 2.37. The molecule has 0 unspecified atom stereocenters. The van der Waals surface area contributed by atoms with Crippen molar-refractivity contribution >= 4 is 17.6 Å². The number of amides is 2. The van der Waals surface area contributed by atoms with Crippen LogP contribution in [0.5, 0.6) is 0 Å². The number of hydrogen-bond acceptors (Lipinski definition) is 4. The highest BCUT2D eigenvalue weighted by Crippen LogP contribution is 2.02. The molecule has 3 N–H and O–H groups in total. The van der Waals surface area contributed by atoms with E-state index in [1.54, 1.807) is 20.0 Å². The highest BCUT2D eigenvalue weighted by molar-refractivity contribution is 5.88. The van der Waals surface area contributed by atoms with E-state index < -0.39 is 6.04 Å². The van der Waals surface area contributed by atoms with Gasteiger partial charge >= 0.3 is 0 Å². The lowest BCUT2D eigenvalue weighted by atomic mass is 10.1. The number of hydrogen-bond donors (Lipinski definition) is 3. The normalized spacial score (nSPS) is 12.2.